The van der Waals surface area contributed by atoms with Crippen LogP contribution >= 0.6 is 0 Å². The molecule has 4 atom stereocenters. The van der Waals surface area contributed by atoms with Crippen LogP contribution in [0.3, 0.4) is 0 Å². The molecular weight excluding hydrogens is 350 g/mol. The average molecular weight is 377 g/mol. The molecule has 2 bridgehead atoms. The molecule has 2 fully saturated rings. The quantitative estimate of drug-likeness (QED) is 0.600. The third-order valence-corrected chi connectivity index (χ3v) is 6.37. The minimum Gasteiger partial charge on any atom is -0.427 e. The van der Waals surface area contributed by atoms with Crippen molar-refractivity contribution in [3.63, 3.8) is 0 Å². The summed E-state index contributed by atoms with van der Waals surface area (Å²) in [7, 11) is 0. The molecule has 2 aliphatic rings. The van der Waals surface area contributed by atoms with E-state index in [-0.39, 0.29) is 17.9 Å². The van der Waals surface area contributed by atoms with Crippen molar-refractivity contribution in [2.75, 3.05) is 0 Å². The van der Waals surface area contributed by atoms with Crippen LogP contribution in [-0.2, 0) is 4.79 Å². The molecule has 2 aromatic carbocycles. The maximum Gasteiger partial charge on any atom is 0.308 e. The van der Waals surface area contributed by atoms with E-state index in [0.29, 0.717) is 17.2 Å². The Kier molecular flexibility index (Phi) is 5.21. The zero-order valence-corrected chi connectivity index (χ0v) is 16.5. The molecule has 0 radical (unpaired) electrons. The highest BCUT2D eigenvalue weighted by Gasteiger charge is 2.42. The molecule has 1 N–H and O–H groups in total. The third-order valence-electron chi connectivity index (χ3n) is 6.37. The standard InChI is InChI=1S/C24H27NO3/c1-15(23-13-17-6-7-20(23)12-17)25-24(27)21-5-3-4-19(14-21)18-8-10-22(11-9-18)28-16(2)26/h3-5,8-11,14-15,17,20,23H,6-7,12-13H2,1-2H3,(H,25,27)/t15-,17-,20-,23-/m0/s1. The van der Waals surface area contributed by atoms with Gasteiger partial charge in [0.2, 0.25) is 0 Å². The lowest BCUT2D eigenvalue weighted by Crippen LogP contribution is -2.40. The first-order valence-corrected chi connectivity index (χ1v) is 10.2. The Morgan fingerprint density at radius 3 is 2.46 bits per heavy atom. The number of ether oxygens (including phenoxy) is 1. The summed E-state index contributed by atoms with van der Waals surface area (Å²) in [6, 6.07) is 15.2. The van der Waals surface area contributed by atoms with Gasteiger partial charge in [0.1, 0.15) is 5.75 Å². The molecule has 2 aliphatic carbocycles. The smallest absolute Gasteiger partial charge is 0.308 e. The first-order valence-electron chi connectivity index (χ1n) is 10.2. The number of nitrogens with one attached hydrogen (secondary N) is 1. The minimum absolute atomic E-state index is 0.00587. The normalized spacial score (nSPS) is 24.0. The molecule has 146 valence electrons. The summed E-state index contributed by atoms with van der Waals surface area (Å²) in [6.45, 7) is 3.54. The molecule has 4 heteroatoms. The summed E-state index contributed by atoms with van der Waals surface area (Å²) >= 11 is 0. The highest BCUT2D eigenvalue weighted by molar-refractivity contribution is 5.95. The van der Waals surface area contributed by atoms with Crippen molar-refractivity contribution >= 4 is 11.9 Å². The van der Waals surface area contributed by atoms with Gasteiger partial charge in [-0.2, -0.15) is 0 Å². The van der Waals surface area contributed by atoms with Gasteiger partial charge in [0, 0.05) is 18.5 Å². The van der Waals surface area contributed by atoms with Gasteiger partial charge in [-0.15, -0.1) is 0 Å². The lowest BCUT2D eigenvalue weighted by Gasteiger charge is -2.28. The van der Waals surface area contributed by atoms with Crippen molar-refractivity contribution in [1.82, 2.24) is 5.32 Å². The summed E-state index contributed by atoms with van der Waals surface area (Å²) < 4.78 is 5.08. The molecule has 0 saturated heterocycles. The van der Waals surface area contributed by atoms with Crippen LogP contribution in [0.2, 0.25) is 0 Å². The largest absolute Gasteiger partial charge is 0.427 e. The van der Waals surface area contributed by atoms with Gasteiger partial charge in [-0.25, -0.2) is 0 Å². The van der Waals surface area contributed by atoms with Gasteiger partial charge >= 0.3 is 5.97 Å². The molecule has 0 aromatic heterocycles. The third kappa shape index (κ3) is 3.96. The minimum atomic E-state index is -0.337. The number of carbonyl (C=O) groups excluding carboxylic acids is 2. The SMILES string of the molecule is CC(=O)Oc1ccc(-c2cccc(C(=O)N[C@@H](C)[C@@H]3C[C@H]4CC[C@H]3C4)c2)cc1. The summed E-state index contributed by atoms with van der Waals surface area (Å²) in [6.07, 6.45) is 5.32. The molecule has 0 unspecified atom stereocenters. The lowest BCUT2D eigenvalue weighted by atomic mass is 9.84. The number of benzene rings is 2. The van der Waals surface area contributed by atoms with Gasteiger partial charge in [0.15, 0.2) is 0 Å². The van der Waals surface area contributed by atoms with E-state index in [1.54, 1.807) is 12.1 Å². The fourth-order valence-electron chi connectivity index (χ4n) is 5.02. The highest BCUT2D eigenvalue weighted by atomic mass is 16.5. The second kappa shape index (κ2) is 7.78. The molecule has 28 heavy (non-hydrogen) atoms. The summed E-state index contributed by atoms with van der Waals surface area (Å²) in [5.41, 5.74) is 2.62. The summed E-state index contributed by atoms with van der Waals surface area (Å²) in [5.74, 6) is 2.48. The Hall–Kier alpha value is -2.62. The van der Waals surface area contributed by atoms with Crippen LogP contribution in [0.4, 0.5) is 0 Å². The van der Waals surface area contributed by atoms with Crippen LogP contribution < -0.4 is 10.1 Å². The van der Waals surface area contributed by atoms with Crippen LogP contribution in [0.15, 0.2) is 48.5 Å². The van der Waals surface area contributed by atoms with Crippen molar-refractivity contribution in [1.29, 1.82) is 0 Å². The van der Waals surface area contributed by atoms with E-state index in [1.165, 1.54) is 32.6 Å². The number of fused-ring (bicyclic) bond motifs is 2. The Morgan fingerprint density at radius 1 is 1.04 bits per heavy atom. The number of esters is 1. The second-order valence-corrected chi connectivity index (χ2v) is 8.30. The van der Waals surface area contributed by atoms with Crippen LogP contribution in [0.25, 0.3) is 11.1 Å². The molecule has 1 amide bonds. The van der Waals surface area contributed by atoms with Gasteiger partial charge in [-0.05, 0) is 79.3 Å². The van der Waals surface area contributed by atoms with Crippen molar-refractivity contribution in [2.45, 2.75) is 45.6 Å². The Bertz CT molecular complexity index is 874. The Morgan fingerprint density at radius 2 is 1.82 bits per heavy atom. The van der Waals surface area contributed by atoms with Gasteiger partial charge in [0.25, 0.3) is 5.91 Å². The molecule has 0 heterocycles. The fourth-order valence-corrected chi connectivity index (χ4v) is 5.02. The van der Waals surface area contributed by atoms with E-state index in [1.807, 2.05) is 36.4 Å². The number of carbonyl (C=O) groups is 2. The van der Waals surface area contributed by atoms with Crippen molar-refractivity contribution < 1.29 is 14.3 Å². The van der Waals surface area contributed by atoms with E-state index in [4.69, 9.17) is 4.74 Å². The van der Waals surface area contributed by atoms with Gasteiger partial charge in [-0.3, -0.25) is 9.59 Å². The molecule has 4 nitrogen and oxygen atoms in total. The van der Waals surface area contributed by atoms with Crippen molar-refractivity contribution in [2.24, 2.45) is 17.8 Å². The summed E-state index contributed by atoms with van der Waals surface area (Å²) in [4.78, 5) is 23.9. The number of rotatable bonds is 5. The molecule has 0 spiro atoms. The maximum absolute atomic E-state index is 12.8. The van der Waals surface area contributed by atoms with Crippen LogP contribution in [0, 0.1) is 17.8 Å². The zero-order chi connectivity index (χ0) is 19.7. The van der Waals surface area contributed by atoms with E-state index >= 15 is 0 Å². The van der Waals surface area contributed by atoms with E-state index in [9.17, 15) is 9.59 Å². The molecule has 0 aliphatic heterocycles. The monoisotopic (exact) mass is 377 g/mol. The molecular formula is C24H27NO3. The van der Waals surface area contributed by atoms with E-state index < -0.39 is 0 Å². The fraction of sp³-hybridized carbons (Fsp3) is 0.417. The average Bonchev–Trinajstić information content (AvgIpc) is 3.32. The predicted octanol–water partition coefficient (Wildman–Crippen LogP) is 4.83. The van der Waals surface area contributed by atoms with E-state index in [2.05, 4.69) is 12.2 Å². The lowest BCUT2D eigenvalue weighted by molar-refractivity contribution is -0.131. The van der Waals surface area contributed by atoms with Crippen molar-refractivity contribution in [3.8, 4) is 16.9 Å². The number of amides is 1. The topological polar surface area (TPSA) is 55.4 Å². The van der Waals surface area contributed by atoms with Gasteiger partial charge < -0.3 is 10.1 Å². The van der Waals surface area contributed by atoms with Crippen LogP contribution in [0.1, 0.15) is 49.9 Å². The van der Waals surface area contributed by atoms with Gasteiger partial charge in [0.05, 0.1) is 0 Å². The van der Waals surface area contributed by atoms with Crippen molar-refractivity contribution in [3.05, 3.63) is 54.1 Å². The molecule has 4 rings (SSSR count). The van der Waals surface area contributed by atoms with Crippen LogP contribution in [-0.4, -0.2) is 17.9 Å². The number of hydrogen-bond acceptors (Lipinski definition) is 3. The molecule has 2 aromatic rings. The number of hydrogen-bond donors (Lipinski definition) is 1. The second-order valence-electron chi connectivity index (χ2n) is 8.30. The predicted molar refractivity (Wildman–Crippen MR) is 109 cm³/mol. The molecule has 2 saturated carbocycles. The van der Waals surface area contributed by atoms with Crippen LogP contribution in [0.5, 0.6) is 5.75 Å². The Labute approximate surface area is 166 Å². The summed E-state index contributed by atoms with van der Waals surface area (Å²) in [5, 5.41) is 3.24. The zero-order valence-electron chi connectivity index (χ0n) is 16.5. The van der Waals surface area contributed by atoms with Gasteiger partial charge in [-0.1, -0.05) is 30.7 Å². The highest BCUT2D eigenvalue weighted by Crippen LogP contribution is 2.49. The van der Waals surface area contributed by atoms with E-state index in [0.717, 1.165) is 23.0 Å². The first kappa shape index (κ1) is 18.7. The first-order chi connectivity index (χ1) is 13.5. The maximum atomic E-state index is 12.8. The Balaban J connectivity index is 1.44.